The molecule has 0 bridgehead atoms. The van der Waals surface area contributed by atoms with Gasteiger partial charge in [0.15, 0.2) is 11.6 Å². The van der Waals surface area contributed by atoms with Crippen LogP contribution in [0, 0.1) is 12.7 Å². The number of halogens is 1. The highest BCUT2D eigenvalue weighted by molar-refractivity contribution is 5.36. The third-order valence-corrected chi connectivity index (χ3v) is 3.06. The van der Waals surface area contributed by atoms with Crippen LogP contribution in [-0.2, 0) is 13.0 Å². The molecule has 1 atom stereocenters. The molecule has 2 aromatic rings. The quantitative estimate of drug-likeness (QED) is 0.903. The number of nitrogens with two attached hydrogens (primary N) is 1. The van der Waals surface area contributed by atoms with Gasteiger partial charge in [0.1, 0.15) is 6.61 Å². The van der Waals surface area contributed by atoms with E-state index in [2.05, 4.69) is 0 Å². The van der Waals surface area contributed by atoms with Crippen molar-refractivity contribution in [2.24, 2.45) is 5.73 Å². The van der Waals surface area contributed by atoms with Crippen LogP contribution in [0.4, 0.5) is 4.39 Å². The summed E-state index contributed by atoms with van der Waals surface area (Å²) in [4.78, 5) is 0. The number of aryl methyl sites for hydroxylation is 1. The molecule has 0 saturated heterocycles. The topological polar surface area (TPSA) is 35.2 Å². The molecule has 3 heteroatoms. The lowest BCUT2D eigenvalue weighted by Crippen LogP contribution is -2.18. The third kappa shape index (κ3) is 3.81. The molecular weight excluding hydrogens is 253 g/mol. The van der Waals surface area contributed by atoms with Gasteiger partial charge in [0.2, 0.25) is 0 Å². The van der Waals surface area contributed by atoms with Gasteiger partial charge < -0.3 is 10.5 Å². The lowest BCUT2D eigenvalue weighted by atomic mass is 10.1. The summed E-state index contributed by atoms with van der Waals surface area (Å²) in [6, 6.07) is 12.9. The molecule has 2 N–H and O–H groups in total. The molecule has 0 saturated carbocycles. The van der Waals surface area contributed by atoms with Gasteiger partial charge in [-0.3, -0.25) is 0 Å². The van der Waals surface area contributed by atoms with Crippen LogP contribution in [0.3, 0.4) is 0 Å². The molecule has 106 valence electrons. The van der Waals surface area contributed by atoms with Crippen LogP contribution in [-0.4, -0.2) is 6.04 Å². The highest BCUT2D eigenvalue weighted by Crippen LogP contribution is 2.25. The van der Waals surface area contributed by atoms with Crippen molar-refractivity contribution in [2.75, 3.05) is 0 Å². The van der Waals surface area contributed by atoms with Crippen LogP contribution in [0.2, 0.25) is 0 Å². The molecule has 0 heterocycles. The summed E-state index contributed by atoms with van der Waals surface area (Å²) < 4.78 is 19.6. The van der Waals surface area contributed by atoms with Gasteiger partial charge in [-0.25, -0.2) is 4.39 Å². The van der Waals surface area contributed by atoms with Crippen molar-refractivity contribution in [1.29, 1.82) is 0 Å². The highest BCUT2D eigenvalue weighted by atomic mass is 19.1. The molecule has 0 aliphatic heterocycles. The average Bonchev–Trinajstić information content (AvgIpc) is 2.37. The Kier molecular flexibility index (Phi) is 4.74. The van der Waals surface area contributed by atoms with Crippen LogP contribution < -0.4 is 10.5 Å². The largest absolute Gasteiger partial charge is 0.486 e. The van der Waals surface area contributed by atoms with Crippen molar-refractivity contribution in [2.45, 2.75) is 32.9 Å². The van der Waals surface area contributed by atoms with Crippen LogP contribution in [0.5, 0.6) is 5.75 Å². The first-order valence-electron chi connectivity index (χ1n) is 6.77. The van der Waals surface area contributed by atoms with E-state index < -0.39 is 0 Å². The summed E-state index contributed by atoms with van der Waals surface area (Å²) in [6.07, 6.45) is 0.598. The van der Waals surface area contributed by atoms with Gasteiger partial charge in [0, 0.05) is 6.04 Å². The van der Waals surface area contributed by atoms with Gasteiger partial charge >= 0.3 is 0 Å². The Morgan fingerprint density at radius 2 is 1.95 bits per heavy atom. The molecule has 2 nitrogen and oxygen atoms in total. The van der Waals surface area contributed by atoms with Crippen LogP contribution in [0.15, 0.2) is 42.5 Å². The Bertz CT molecular complexity index is 581. The fourth-order valence-electron chi connectivity index (χ4n) is 2.18. The molecule has 2 aromatic carbocycles. The molecule has 1 unspecified atom stereocenters. The normalized spacial score (nSPS) is 12.2. The molecule has 0 aliphatic rings. The average molecular weight is 273 g/mol. The van der Waals surface area contributed by atoms with E-state index in [1.165, 1.54) is 6.07 Å². The van der Waals surface area contributed by atoms with E-state index in [9.17, 15) is 4.39 Å². The van der Waals surface area contributed by atoms with Crippen molar-refractivity contribution < 1.29 is 9.13 Å². The molecular formula is C17H20FNO. The summed E-state index contributed by atoms with van der Waals surface area (Å²) in [7, 11) is 0. The zero-order valence-corrected chi connectivity index (χ0v) is 11.9. The highest BCUT2D eigenvalue weighted by Gasteiger charge is 2.11. The summed E-state index contributed by atoms with van der Waals surface area (Å²) >= 11 is 0. The maximum absolute atomic E-state index is 13.9. The predicted octanol–water partition coefficient (Wildman–Crippen LogP) is 3.60. The number of hydrogen-bond donors (Lipinski definition) is 1. The first-order valence-corrected chi connectivity index (χ1v) is 6.77. The van der Waals surface area contributed by atoms with Gasteiger partial charge in [-0.1, -0.05) is 42.0 Å². The lowest BCUT2D eigenvalue weighted by molar-refractivity contribution is 0.286. The van der Waals surface area contributed by atoms with Gasteiger partial charge in [-0.05, 0) is 37.5 Å². The molecule has 0 spiro atoms. The SMILES string of the molecule is Cc1cccc(COc2c(F)cccc2CC(C)N)c1. The Morgan fingerprint density at radius 3 is 2.65 bits per heavy atom. The first-order chi connectivity index (χ1) is 9.56. The Labute approximate surface area is 119 Å². The van der Waals surface area contributed by atoms with Crippen molar-refractivity contribution in [3.8, 4) is 5.75 Å². The van der Waals surface area contributed by atoms with E-state index in [0.29, 0.717) is 18.8 Å². The number of rotatable bonds is 5. The maximum atomic E-state index is 13.9. The lowest BCUT2D eigenvalue weighted by Gasteiger charge is -2.14. The fraction of sp³-hybridized carbons (Fsp3) is 0.294. The fourth-order valence-corrected chi connectivity index (χ4v) is 2.18. The van der Waals surface area contributed by atoms with Crippen LogP contribution >= 0.6 is 0 Å². The summed E-state index contributed by atoms with van der Waals surface area (Å²) in [5.74, 6) is -0.0258. The maximum Gasteiger partial charge on any atom is 0.165 e. The Hall–Kier alpha value is -1.87. The van der Waals surface area contributed by atoms with Gasteiger partial charge in [0.05, 0.1) is 0 Å². The van der Waals surface area contributed by atoms with Crippen molar-refractivity contribution in [3.05, 3.63) is 65.0 Å². The second-order valence-electron chi connectivity index (χ2n) is 5.19. The second-order valence-corrected chi connectivity index (χ2v) is 5.19. The smallest absolute Gasteiger partial charge is 0.165 e. The number of ether oxygens (including phenoxy) is 1. The van der Waals surface area contributed by atoms with E-state index in [4.69, 9.17) is 10.5 Å². The van der Waals surface area contributed by atoms with Gasteiger partial charge in [-0.2, -0.15) is 0 Å². The summed E-state index contributed by atoms with van der Waals surface area (Å²) in [5, 5.41) is 0. The zero-order valence-electron chi connectivity index (χ0n) is 11.9. The second kappa shape index (κ2) is 6.53. The number of para-hydroxylation sites is 1. The standard InChI is InChI=1S/C17H20FNO/c1-12-5-3-6-14(9-12)11-20-17-15(10-13(2)19)7-4-8-16(17)18/h3-9,13H,10-11,19H2,1-2H3. The summed E-state index contributed by atoms with van der Waals surface area (Å²) in [6.45, 7) is 4.28. The molecule has 2 rings (SSSR count). The Balaban J connectivity index is 2.16. The van der Waals surface area contributed by atoms with Crippen LogP contribution in [0.25, 0.3) is 0 Å². The minimum absolute atomic E-state index is 0.0295. The first kappa shape index (κ1) is 14.5. The zero-order chi connectivity index (χ0) is 14.5. The summed E-state index contributed by atoms with van der Waals surface area (Å²) in [5.41, 5.74) is 8.80. The van der Waals surface area contributed by atoms with Crippen LogP contribution in [0.1, 0.15) is 23.6 Å². The third-order valence-electron chi connectivity index (χ3n) is 3.06. The molecule has 20 heavy (non-hydrogen) atoms. The molecule has 0 radical (unpaired) electrons. The van der Waals surface area contributed by atoms with E-state index in [1.807, 2.05) is 44.2 Å². The van der Waals surface area contributed by atoms with Crippen molar-refractivity contribution >= 4 is 0 Å². The van der Waals surface area contributed by atoms with E-state index in [-0.39, 0.29) is 11.9 Å². The molecule has 0 amide bonds. The minimum atomic E-state index is -0.337. The monoisotopic (exact) mass is 273 g/mol. The Morgan fingerprint density at radius 1 is 1.20 bits per heavy atom. The molecule has 0 fully saturated rings. The van der Waals surface area contributed by atoms with E-state index >= 15 is 0 Å². The van der Waals surface area contributed by atoms with E-state index in [1.54, 1.807) is 6.07 Å². The van der Waals surface area contributed by atoms with Gasteiger partial charge in [0.25, 0.3) is 0 Å². The number of benzene rings is 2. The van der Waals surface area contributed by atoms with Gasteiger partial charge in [-0.15, -0.1) is 0 Å². The van der Waals surface area contributed by atoms with Crippen molar-refractivity contribution in [3.63, 3.8) is 0 Å². The molecule has 0 aliphatic carbocycles. The number of hydrogen-bond acceptors (Lipinski definition) is 2. The van der Waals surface area contributed by atoms with Crippen molar-refractivity contribution in [1.82, 2.24) is 0 Å². The minimum Gasteiger partial charge on any atom is -0.486 e. The molecule has 0 aromatic heterocycles. The van der Waals surface area contributed by atoms with E-state index in [0.717, 1.165) is 16.7 Å². The predicted molar refractivity (Wildman–Crippen MR) is 79.3 cm³/mol.